The van der Waals surface area contributed by atoms with Crippen LogP contribution in [0.1, 0.15) is 12.5 Å². The van der Waals surface area contributed by atoms with Gasteiger partial charge >= 0.3 is 0 Å². The molecule has 0 spiro atoms. The maximum absolute atomic E-state index is 8.84. The Morgan fingerprint density at radius 2 is 1.92 bits per heavy atom. The Hall–Kier alpha value is -1.50. The van der Waals surface area contributed by atoms with E-state index in [2.05, 4.69) is 0 Å². The minimum Gasteiger partial charge on any atom is -0.513 e. The molecule has 0 bridgehead atoms. The third-order valence-electron chi connectivity index (χ3n) is 1.43. The monoisotopic (exact) mass is 160 g/mol. The summed E-state index contributed by atoms with van der Waals surface area (Å²) >= 11 is 0. The molecule has 1 nitrogen and oxygen atoms in total. The van der Waals surface area contributed by atoms with E-state index in [9.17, 15) is 0 Å². The van der Waals surface area contributed by atoms with Gasteiger partial charge in [-0.3, -0.25) is 0 Å². The smallest absolute Gasteiger partial charge is 0.0891 e. The standard InChI is InChI=1S/C11H12O/c1-10(12)6-5-9-11-7-3-2-4-8-11/h2-9,12H,1H3. The van der Waals surface area contributed by atoms with E-state index in [4.69, 9.17) is 5.11 Å². The molecule has 12 heavy (non-hydrogen) atoms. The number of aliphatic hydroxyl groups is 1. The summed E-state index contributed by atoms with van der Waals surface area (Å²) in [6.07, 6.45) is 5.43. The summed E-state index contributed by atoms with van der Waals surface area (Å²) in [6.45, 7) is 1.65. The van der Waals surface area contributed by atoms with Crippen molar-refractivity contribution in [1.82, 2.24) is 0 Å². The average Bonchev–Trinajstić information content (AvgIpc) is 2.05. The van der Waals surface area contributed by atoms with E-state index in [1.165, 1.54) is 0 Å². The van der Waals surface area contributed by atoms with Gasteiger partial charge in [0.2, 0.25) is 0 Å². The molecular formula is C11H12O. The fraction of sp³-hybridized carbons (Fsp3) is 0.0909. The summed E-state index contributed by atoms with van der Waals surface area (Å²) in [5.41, 5.74) is 1.13. The van der Waals surface area contributed by atoms with Crippen LogP contribution in [0.3, 0.4) is 0 Å². The second-order valence-corrected chi connectivity index (χ2v) is 2.58. The molecule has 0 saturated carbocycles. The molecule has 0 amide bonds. The second-order valence-electron chi connectivity index (χ2n) is 2.58. The van der Waals surface area contributed by atoms with Crippen LogP contribution in [0.2, 0.25) is 0 Å². The molecule has 0 fully saturated rings. The summed E-state index contributed by atoms with van der Waals surface area (Å²) in [7, 11) is 0. The fourth-order valence-corrected chi connectivity index (χ4v) is 0.863. The van der Waals surface area contributed by atoms with E-state index in [0.717, 1.165) is 5.56 Å². The summed E-state index contributed by atoms with van der Waals surface area (Å²) in [5.74, 6) is 0.321. The zero-order valence-electron chi connectivity index (χ0n) is 7.07. The van der Waals surface area contributed by atoms with Crippen LogP contribution in [0.5, 0.6) is 0 Å². The maximum Gasteiger partial charge on any atom is 0.0891 e. The van der Waals surface area contributed by atoms with Crippen LogP contribution in [-0.4, -0.2) is 5.11 Å². The predicted molar refractivity (Wildman–Crippen MR) is 51.9 cm³/mol. The number of hydrogen-bond acceptors (Lipinski definition) is 1. The van der Waals surface area contributed by atoms with Crippen LogP contribution < -0.4 is 0 Å². The van der Waals surface area contributed by atoms with E-state index in [1.54, 1.807) is 13.0 Å². The lowest BCUT2D eigenvalue weighted by Crippen LogP contribution is -1.68. The quantitative estimate of drug-likeness (QED) is 0.520. The van der Waals surface area contributed by atoms with Gasteiger partial charge in [0.15, 0.2) is 0 Å². The third kappa shape index (κ3) is 3.06. The van der Waals surface area contributed by atoms with Gasteiger partial charge in [-0.2, -0.15) is 0 Å². The summed E-state index contributed by atoms with van der Waals surface area (Å²) in [5, 5.41) is 8.84. The van der Waals surface area contributed by atoms with Crippen LogP contribution in [-0.2, 0) is 0 Å². The molecule has 1 N–H and O–H groups in total. The minimum atomic E-state index is 0.321. The summed E-state index contributed by atoms with van der Waals surface area (Å²) in [4.78, 5) is 0. The topological polar surface area (TPSA) is 20.2 Å². The molecule has 0 aliphatic heterocycles. The first-order valence-electron chi connectivity index (χ1n) is 3.88. The molecule has 62 valence electrons. The van der Waals surface area contributed by atoms with Crippen molar-refractivity contribution in [1.29, 1.82) is 0 Å². The largest absolute Gasteiger partial charge is 0.513 e. The molecule has 0 saturated heterocycles. The molecule has 0 unspecified atom stereocenters. The Kier molecular flexibility index (Phi) is 3.15. The highest BCUT2D eigenvalue weighted by Gasteiger charge is 1.80. The van der Waals surface area contributed by atoms with Crippen LogP contribution in [0, 0.1) is 0 Å². The normalized spacial score (nSPS) is 12.2. The average molecular weight is 160 g/mol. The van der Waals surface area contributed by atoms with Crippen molar-refractivity contribution in [3.05, 3.63) is 53.8 Å². The summed E-state index contributed by atoms with van der Waals surface area (Å²) < 4.78 is 0. The first-order valence-corrected chi connectivity index (χ1v) is 3.88. The van der Waals surface area contributed by atoms with Gasteiger partial charge in [0.05, 0.1) is 5.76 Å². The molecule has 0 atom stereocenters. The first kappa shape index (κ1) is 8.60. The Labute approximate surface area is 72.7 Å². The molecule has 1 aromatic rings. The molecule has 0 aliphatic rings. The molecular weight excluding hydrogens is 148 g/mol. The van der Waals surface area contributed by atoms with Crippen molar-refractivity contribution in [3.8, 4) is 0 Å². The van der Waals surface area contributed by atoms with Crippen molar-refractivity contribution < 1.29 is 5.11 Å². The van der Waals surface area contributed by atoms with Gasteiger partial charge in [0.1, 0.15) is 0 Å². The lowest BCUT2D eigenvalue weighted by molar-refractivity contribution is 0.414. The van der Waals surface area contributed by atoms with Gasteiger partial charge in [-0.15, -0.1) is 0 Å². The van der Waals surface area contributed by atoms with Gasteiger partial charge in [0.25, 0.3) is 0 Å². The Morgan fingerprint density at radius 3 is 2.50 bits per heavy atom. The van der Waals surface area contributed by atoms with Crippen LogP contribution >= 0.6 is 0 Å². The third-order valence-corrected chi connectivity index (χ3v) is 1.43. The highest BCUT2D eigenvalue weighted by Crippen LogP contribution is 2.01. The van der Waals surface area contributed by atoms with Gasteiger partial charge in [-0.1, -0.05) is 42.5 Å². The Bertz CT molecular complexity index is 279. The lowest BCUT2D eigenvalue weighted by Gasteiger charge is -1.88. The van der Waals surface area contributed by atoms with Crippen molar-refractivity contribution in [2.24, 2.45) is 0 Å². The molecule has 0 radical (unpaired) electrons. The zero-order chi connectivity index (χ0) is 8.81. The Morgan fingerprint density at radius 1 is 1.25 bits per heavy atom. The first-order chi connectivity index (χ1) is 5.79. The molecule has 0 heterocycles. The lowest BCUT2D eigenvalue weighted by atomic mass is 10.2. The van der Waals surface area contributed by atoms with E-state index in [-0.39, 0.29) is 0 Å². The predicted octanol–water partition coefficient (Wildman–Crippen LogP) is 3.16. The van der Waals surface area contributed by atoms with Gasteiger partial charge in [0, 0.05) is 0 Å². The van der Waals surface area contributed by atoms with Gasteiger partial charge in [-0.25, -0.2) is 0 Å². The van der Waals surface area contributed by atoms with Crippen molar-refractivity contribution in [2.45, 2.75) is 6.92 Å². The number of allylic oxidation sites excluding steroid dienone is 3. The number of benzene rings is 1. The van der Waals surface area contributed by atoms with Crippen LogP contribution in [0.25, 0.3) is 6.08 Å². The maximum atomic E-state index is 8.84. The summed E-state index contributed by atoms with van der Waals surface area (Å²) in [6, 6.07) is 9.96. The second kappa shape index (κ2) is 4.39. The fourth-order valence-electron chi connectivity index (χ4n) is 0.863. The molecule has 0 aromatic heterocycles. The highest BCUT2D eigenvalue weighted by molar-refractivity contribution is 5.50. The number of hydrogen-bond donors (Lipinski definition) is 1. The Balaban J connectivity index is 2.64. The zero-order valence-corrected chi connectivity index (χ0v) is 7.07. The van der Waals surface area contributed by atoms with Crippen molar-refractivity contribution in [2.75, 3.05) is 0 Å². The molecule has 1 aromatic carbocycles. The molecule has 1 rings (SSSR count). The van der Waals surface area contributed by atoms with E-state index < -0.39 is 0 Å². The van der Waals surface area contributed by atoms with Crippen LogP contribution in [0.15, 0.2) is 48.2 Å². The molecule has 0 aliphatic carbocycles. The minimum absolute atomic E-state index is 0.321. The van der Waals surface area contributed by atoms with Gasteiger partial charge in [-0.05, 0) is 18.6 Å². The van der Waals surface area contributed by atoms with Crippen LogP contribution in [0.4, 0.5) is 0 Å². The van der Waals surface area contributed by atoms with E-state index >= 15 is 0 Å². The number of rotatable bonds is 2. The van der Waals surface area contributed by atoms with Gasteiger partial charge < -0.3 is 5.11 Å². The van der Waals surface area contributed by atoms with Crippen molar-refractivity contribution in [3.63, 3.8) is 0 Å². The SMILES string of the molecule is CC(O)=CC=Cc1ccccc1. The molecule has 1 heteroatoms. The van der Waals surface area contributed by atoms with E-state index in [0.29, 0.717) is 5.76 Å². The van der Waals surface area contributed by atoms with E-state index in [1.807, 2.05) is 42.5 Å². The number of aliphatic hydroxyl groups excluding tert-OH is 1. The van der Waals surface area contributed by atoms with Crippen molar-refractivity contribution >= 4 is 6.08 Å². The highest BCUT2D eigenvalue weighted by atomic mass is 16.3.